The van der Waals surface area contributed by atoms with Crippen LogP contribution in [0.25, 0.3) is 0 Å². The second-order valence-electron chi connectivity index (χ2n) is 6.94. The maximum absolute atomic E-state index is 13.4. The minimum absolute atomic E-state index is 0.0383. The topological polar surface area (TPSA) is 59.1 Å². The quantitative estimate of drug-likeness (QED) is 0.390. The molecule has 1 aromatic heterocycles. The monoisotopic (exact) mass is 480 g/mol. The summed E-state index contributed by atoms with van der Waals surface area (Å²) in [6.07, 6.45) is -3.84. The van der Waals surface area contributed by atoms with Gasteiger partial charge in [0.15, 0.2) is 0 Å². The smallest absolute Gasteiger partial charge is 0.421 e. The Balaban J connectivity index is 1.82. The molecule has 3 aromatic rings. The molecule has 30 heavy (non-hydrogen) atoms. The summed E-state index contributed by atoms with van der Waals surface area (Å²) < 4.78 is 46.6. The normalized spacial score (nSPS) is 11.4. The minimum atomic E-state index is -4.59. The SMILES string of the molecule is CC(C)COc1ccc(Nc2ncc(C(F)(F)F)c(Nc3cccc(Br)c3)n2)cc1. The summed E-state index contributed by atoms with van der Waals surface area (Å²) in [5.74, 6) is 0.811. The van der Waals surface area contributed by atoms with Crippen LogP contribution in [0.3, 0.4) is 0 Å². The molecule has 0 aliphatic rings. The van der Waals surface area contributed by atoms with Crippen molar-refractivity contribution in [3.63, 3.8) is 0 Å². The first kappa shape index (κ1) is 21.9. The first-order valence-corrected chi connectivity index (χ1v) is 9.97. The lowest BCUT2D eigenvalue weighted by Crippen LogP contribution is -2.12. The van der Waals surface area contributed by atoms with Gasteiger partial charge < -0.3 is 15.4 Å². The molecule has 0 saturated heterocycles. The van der Waals surface area contributed by atoms with Crippen molar-refractivity contribution in [2.75, 3.05) is 17.2 Å². The maximum Gasteiger partial charge on any atom is 0.421 e. The van der Waals surface area contributed by atoms with Crippen LogP contribution < -0.4 is 15.4 Å². The lowest BCUT2D eigenvalue weighted by molar-refractivity contribution is -0.137. The molecule has 3 rings (SSSR count). The number of alkyl halides is 3. The molecule has 0 aliphatic carbocycles. The Bertz CT molecular complexity index is 994. The molecule has 0 spiro atoms. The van der Waals surface area contributed by atoms with E-state index in [4.69, 9.17) is 4.74 Å². The van der Waals surface area contributed by atoms with E-state index in [1.807, 2.05) is 0 Å². The molecule has 158 valence electrons. The highest BCUT2D eigenvalue weighted by Crippen LogP contribution is 2.35. The van der Waals surface area contributed by atoms with Crippen LogP contribution in [0.4, 0.5) is 36.3 Å². The summed E-state index contributed by atoms with van der Waals surface area (Å²) in [5, 5.41) is 5.64. The van der Waals surface area contributed by atoms with Gasteiger partial charge in [0.25, 0.3) is 0 Å². The number of halogens is 4. The fraction of sp³-hybridized carbons (Fsp3) is 0.238. The average Bonchev–Trinajstić information content (AvgIpc) is 2.67. The van der Waals surface area contributed by atoms with Crippen molar-refractivity contribution >= 4 is 39.1 Å². The number of anilines is 4. The number of hydrogen-bond donors (Lipinski definition) is 2. The van der Waals surface area contributed by atoms with Gasteiger partial charge in [0.2, 0.25) is 5.95 Å². The van der Waals surface area contributed by atoms with Gasteiger partial charge >= 0.3 is 6.18 Å². The summed E-state index contributed by atoms with van der Waals surface area (Å²) in [6.45, 7) is 4.70. The fourth-order valence-corrected chi connectivity index (χ4v) is 2.87. The minimum Gasteiger partial charge on any atom is -0.493 e. The van der Waals surface area contributed by atoms with Crippen LogP contribution in [0.1, 0.15) is 19.4 Å². The number of hydrogen-bond acceptors (Lipinski definition) is 5. The van der Waals surface area contributed by atoms with Gasteiger partial charge in [-0.1, -0.05) is 35.8 Å². The molecule has 0 saturated carbocycles. The van der Waals surface area contributed by atoms with Crippen LogP contribution >= 0.6 is 15.9 Å². The van der Waals surface area contributed by atoms with E-state index in [0.717, 1.165) is 10.7 Å². The molecule has 0 amide bonds. The van der Waals surface area contributed by atoms with Crippen LogP contribution in [0.5, 0.6) is 5.75 Å². The van der Waals surface area contributed by atoms with Gasteiger partial charge in [0, 0.05) is 22.0 Å². The van der Waals surface area contributed by atoms with E-state index in [1.165, 1.54) is 0 Å². The highest BCUT2D eigenvalue weighted by atomic mass is 79.9. The number of nitrogens with zero attached hydrogens (tertiary/aromatic N) is 2. The van der Waals surface area contributed by atoms with Gasteiger partial charge in [0.05, 0.1) is 6.61 Å². The van der Waals surface area contributed by atoms with Crippen LogP contribution in [-0.4, -0.2) is 16.6 Å². The standard InChI is InChI=1S/C21H20BrF3N4O/c1-13(2)12-30-17-8-6-15(7-9-17)28-20-26-11-18(21(23,24)25)19(29-20)27-16-5-3-4-14(22)10-16/h3-11,13H,12H2,1-2H3,(H2,26,27,28,29). The third kappa shape index (κ3) is 6.09. The zero-order chi connectivity index (χ0) is 21.7. The predicted octanol–water partition coefficient (Wildman–Crippen LogP) is 6.78. The average molecular weight is 481 g/mol. The largest absolute Gasteiger partial charge is 0.493 e. The summed E-state index contributed by atoms with van der Waals surface area (Å²) in [5.41, 5.74) is 0.136. The second kappa shape index (κ2) is 9.34. The van der Waals surface area contributed by atoms with Crippen molar-refractivity contribution in [3.05, 3.63) is 64.8 Å². The molecule has 2 N–H and O–H groups in total. The maximum atomic E-state index is 13.4. The summed E-state index contributed by atoms with van der Waals surface area (Å²) in [6, 6.07) is 13.8. The van der Waals surface area contributed by atoms with Crippen LogP contribution in [0, 0.1) is 5.92 Å². The molecule has 0 radical (unpaired) electrons. The first-order valence-electron chi connectivity index (χ1n) is 9.17. The second-order valence-corrected chi connectivity index (χ2v) is 7.86. The summed E-state index contributed by atoms with van der Waals surface area (Å²) >= 11 is 3.30. The third-order valence-corrected chi connectivity index (χ3v) is 4.37. The van der Waals surface area contributed by atoms with Crippen molar-refractivity contribution in [1.29, 1.82) is 0 Å². The van der Waals surface area contributed by atoms with E-state index in [-0.39, 0.29) is 11.8 Å². The zero-order valence-electron chi connectivity index (χ0n) is 16.3. The van der Waals surface area contributed by atoms with Crippen molar-refractivity contribution in [2.45, 2.75) is 20.0 Å². The molecule has 5 nitrogen and oxygen atoms in total. The van der Waals surface area contributed by atoms with Crippen molar-refractivity contribution < 1.29 is 17.9 Å². The summed E-state index contributed by atoms with van der Waals surface area (Å²) in [4.78, 5) is 7.86. The molecule has 0 atom stereocenters. The van der Waals surface area contributed by atoms with Gasteiger partial charge in [0.1, 0.15) is 17.1 Å². The molecule has 1 heterocycles. The first-order chi connectivity index (χ1) is 14.2. The molecule has 0 unspecified atom stereocenters. The van der Waals surface area contributed by atoms with Gasteiger partial charge in [-0.15, -0.1) is 0 Å². The van der Waals surface area contributed by atoms with E-state index in [9.17, 15) is 13.2 Å². The van der Waals surface area contributed by atoms with E-state index in [1.54, 1.807) is 48.5 Å². The fourth-order valence-electron chi connectivity index (χ4n) is 2.47. The molecule has 2 aromatic carbocycles. The van der Waals surface area contributed by atoms with E-state index in [2.05, 4.69) is 50.4 Å². The third-order valence-electron chi connectivity index (χ3n) is 3.88. The molecule has 0 fully saturated rings. The molecule has 0 aliphatic heterocycles. The van der Waals surface area contributed by atoms with Crippen molar-refractivity contribution in [1.82, 2.24) is 9.97 Å². The van der Waals surface area contributed by atoms with E-state index >= 15 is 0 Å². The Hall–Kier alpha value is -2.81. The Kier molecular flexibility index (Phi) is 6.81. The Morgan fingerprint density at radius 3 is 2.40 bits per heavy atom. The van der Waals surface area contributed by atoms with Crippen LogP contribution in [0.15, 0.2) is 59.2 Å². The molecule has 9 heteroatoms. The number of benzene rings is 2. The summed E-state index contributed by atoms with van der Waals surface area (Å²) in [7, 11) is 0. The van der Waals surface area contributed by atoms with Gasteiger partial charge in [-0.25, -0.2) is 4.98 Å². The number of rotatable bonds is 7. The van der Waals surface area contributed by atoms with E-state index < -0.39 is 11.7 Å². The van der Waals surface area contributed by atoms with Crippen LogP contribution in [0.2, 0.25) is 0 Å². The lowest BCUT2D eigenvalue weighted by atomic mass is 10.2. The van der Waals surface area contributed by atoms with Crippen molar-refractivity contribution in [2.24, 2.45) is 5.92 Å². The highest BCUT2D eigenvalue weighted by molar-refractivity contribution is 9.10. The van der Waals surface area contributed by atoms with Gasteiger partial charge in [-0.3, -0.25) is 0 Å². The predicted molar refractivity (Wildman–Crippen MR) is 115 cm³/mol. The molecular formula is C21H20BrF3N4O. The van der Waals surface area contributed by atoms with Gasteiger partial charge in [-0.05, 0) is 48.4 Å². The van der Waals surface area contributed by atoms with Crippen molar-refractivity contribution in [3.8, 4) is 5.75 Å². The number of aromatic nitrogens is 2. The van der Waals surface area contributed by atoms with E-state index in [0.29, 0.717) is 29.6 Å². The van der Waals surface area contributed by atoms with Gasteiger partial charge in [-0.2, -0.15) is 18.2 Å². The molecule has 0 bridgehead atoms. The lowest BCUT2D eigenvalue weighted by Gasteiger charge is -2.15. The number of ether oxygens (including phenoxy) is 1. The zero-order valence-corrected chi connectivity index (χ0v) is 17.9. The Morgan fingerprint density at radius 2 is 1.77 bits per heavy atom. The van der Waals surface area contributed by atoms with Crippen LogP contribution in [-0.2, 0) is 6.18 Å². The highest BCUT2D eigenvalue weighted by Gasteiger charge is 2.35. The Morgan fingerprint density at radius 1 is 1.03 bits per heavy atom. The Labute approximate surface area is 180 Å². The number of nitrogens with one attached hydrogen (secondary N) is 2. The molecular weight excluding hydrogens is 461 g/mol.